The average molecular weight is 543 g/mol. The number of aliphatic carboxylic acids is 1. The first-order valence-electron chi connectivity index (χ1n) is 10.5. The van der Waals surface area contributed by atoms with Crippen molar-refractivity contribution in [3.63, 3.8) is 0 Å². The Morgan fingerprint density at radius 2 is 1.61 bits per heavy atom. The van der Waals surface area contributed by atoms with E-state index >= 15 is 0 Å². The van der Waals surface area contributed by atoms with Crippen molar-refractivity contribution in [3.8, 4) is 0 Å². The van der Waals surface area contributed by atoms with Crippen LogP contribution in [-0.4, -0.2) is 92.6 Å². The minimum absolute atomic E-state index is 0.0336. The lowest BCUT2D eigenvalue weighted by molar-refractivity contribution is -0.788. The molecule has 0 radical (unpaired) electrons. The Kier molecular flexibility index (Phi) is 21.4. The summed E-state index contributed by atoms with van der Waals surface area (Å²) in [7, 11) is 0. The van der Waals surface area contributed by atoms with E-state index in [1.807, 2.05) is 13.8 Å². The number of carboxylic acids is 1. The summed E-state index contributed by atoms with van der Waals surface area (Å²) >= 11 is 0.866. The molecule has 0 spiro atoms. The fourth-order valence-electron chi connectivity index (χ4n) is 1.88. The van der Waals surface area contributed by atoms with Gasteiger partial charge in [-0.25, -0.2) is 0 Å². The van der Waals surface area contributed by atoms with Crippen LogP contribution in [-0.2, 0) is 24.0 Å². The van der Waals surface area contributed by atoms with Crippen molar-refractivity contribution < 1.29 is 44.0 Å². The highest BCUT2D eigenvalue weighted by Crippen LogP contribution is 2.09. The number of carbonyl (C=O) groups excluding carboxylic acids is 3. The van der Waals surface area contributed by atoms with Crippen molar-refractivity contribution in [2.45, 2.75) is 58.3 Å². The predicted octanol–water partition coefficient (Wildman–Crippen LogP) is -1.35. The Hall–Kier alpha value is -3.54. The lowest BCUT2D eigenvalue weighted by Gasteiger charge is -2.18. The van der Waals surface area contributed by atoms with Gasteiger partial charge in [0.2, 0.25) is 17.7 Å². The number of carboxylic acid groups (broad SMARTS) is 2. The third-order valence-electron chi connectivity index (χ3n) is 3.82. The maximum absolute atomic E-state index is 12.1. The summed E-state index contributed by atoms with van der Waals surface area (Å²) in [4.78, 5) is 74.3. The number of hydrogen-bond donors (Lipinski definition) is 6. The minimum Gasteiger partial charge on any atom is -0.483 e. The molecule has 0 heterocycles. The fourth-order valence-corrected chi connectivity index (χ4v) is 2.75. The van der Waals surface area contributed by atoms with Gasteiger partial charge in [-0.2, -0.15) is 0 Å². The average Bonchev–Trinajstić information content (AvgIpc) is 2.80. The van der Waals surface area contributed by atoms with Gasteiger partial charge in [0.05, 0.1) is 12.7 Å². The van der Waals surface area contributed by atoms with E-state index in [4.69, 9.17) is 20.7 Å². The van der Waals surface area contributed by atoms with E-state index in [2.05, 4.69) is 16.0 Å². The molecular formula is C18H34N6O11S. The topological polar surface area (TPSA) is 274 Å². The normalized spacial score (nSPS) is 11.6. The van der Waals surface area contributed by atoms with Crippen LogP contribution in [0.5, 0.6) is 0 Å². The van der Waals surface area contributed by atoms with Gasteiger partial charge in [-0.1, -0.05) is 13.8 Å². The molecule has 0 aromatic heterocycles. The van der Waals surface area contributed by atoms with Crippen LogP contribution in [0.3, 0.4) is 0 Å². The third-order valence-corrected chi connectivity index (χ3v) is 4.85. The molecule has 0 aliphatic heterocycles. The fraction of sp³-hybridized carbons (Fsp3) is 0.722. The van der Waals surface area contributed by atoms with E-state index in [1.54, 1.807) is 6.92 Å². The number of amides is 3. The van der Waals surface area contributed by atoms with Gasteiger partial charge in [0.1, 0.15) is 22.4 Å². The summed E-state index contributed by atoms with van der Waals surface area (Å²) < 4.78 is 0. The number of hydrogen-bond acceptors (Lipinski definition) is 11. The van der Waals surface area contributed by atoms with Crippen LogP contribution in [0, 0.1) is 20.2 Å². The van der Waals surface area contributed by atoms with Gasteiger partial charge in [0, 0.05) is 18.2 Å². The quantitative estimate of drug-likeness (QED) is 0.0604. The molecule has 0 aliphatic rings. The van der Waals surface area contributed by atoms with E-state index in [9.17, 15) is 39.4 Å². The lowest BCUT2D eigenvalue weighted by atomic mass is 10.2. The first-order chi connectivity index (χ1) is 16.7. The monoisotopic (exact) mass is 542 g/mol. The largest absolute Gasteiger partial charge is 0.483 e. The molecule has 3 amide bonds. The molecule has 0 saturated carbocycles. The molecule has 0 bridgehead atoms. The summed E-state index contributed by atoms with van der Waals surface area (Å²) in [6.07, 6.45) is 0.391. The molecule has 2 atom stereocenters. The summed E-state index contributed by atoms with van der Waals surface area (Å²) in [5.41, 5.74) is 2.98. The van der Waals surface area contributed by atoms with Gasteiger partial charge in [-0.3, -0.25) is 44.2 Å². The molecule has 0 rings (SSSR count). The number of thioether (sulfide) groups is 1. The zero-order valence-corrected chi connectivity index (χ0v) is 21.2. The van der Waals surface area contributed by atoms with Crippen LogP contribution in [0.1, 0.15) is 40.5 Å². The molecule has 18 heteroatoms. The van der Waals surface area contributed by atoms with E-state index in [-0.39, 0.29) is 30.4 Å². The van der Waals surface area contributed by atoms with Gasteiger partial charge in [-0.05, 0) is 13.3 Å². The Morgan fingerprint density at radius 1 is 1.11 bits per heavy atom. The van der Waals surface area contributed by atoms with Gasteiger partial charge in [-0.15, -0.1) is 11.8 Å². The Bertz CT molecular complexity index is 737. The number of nitrogens with zero attached hydrogens (tertiary/aromatic N) is 2. The van der Waals surface area contributed by atoms with E-state index in [0.717, 1.165) is 18.7 Å². The van der Waals surface area contributed by atoms with Crippen LogP contribution in [0.2, 0.25) is 0 Å². The van der Waals surface area contributed by atoms with Crippen LogP contribution < -0.4 is 21.7 Å². The molecule has 0 aromatic carbocycles. The standard InChI is InChI=1S/C15H26N6O9S.C2H6.CH2O2/c1-9(16)3-4-11(22)19-10(14(26)17-5-13(24)25)6-31-7-12(23)18-8-15(2,20(27)28)21(29)30;1-2;2-1-3/h9-10H,3-8,16H2,1-2H3,(H,17,26)(H,18,23)(H,19,22)(H,24,25);1-2H3;1H,(H,2,3). The maximum Gasteiger partial charge on any atom is 0.472 e. The number of rotatable bonds is 15. The van der Waals surface area contributed by atoms with Crippen LogP contribution >= 0.6 is 11.8 Å². The zero-order valence-electron chi connectivity index (χ0n) is 20.4. The summed E-state index contributed by atoms with van der Waals surface area (Å²) in [5, 5.41) is 43.8. The first-order valence-corrected chi connectivity index (χ1v) is 11.6. The number of nitro groups is 2. The van der Waals surface area contributed by atoms with Crippen molar-refractivity contribution in [3.05, 3.63) is 20.2 Å². The molecule has 0 aromatic rings. The van der Waals surface area contributed by atoms with Crippen LogP contribution in [0.4, 0.5) is 0 Å². The Morgan fingerprint density at radius 3 is 2.03 bits per heavy atom. The molecule has 208 valence electrons. The lowest BCUT2D eigenvalue weighted by Crippen LogP contribution is -2.52. The van der Waals surface area contributed by atoms with E-state index in [0.29, 0.717) is 6.42 Å². The summed E-state index contributed by atoms with van der Waals surface area (Å²) in [5.74, 6) is -3.76. The maximum atomic E-state index is 12.1. The highest BCUT2D eigenvalue weighted by Gasteiger charge is 2.50. The van der Waals surface area contributed by atoms with Crippen molar-refractivity contribution in [2.75, 3.05) is 24.6 Å². The third kappa shape index (κ3) is 17.9. The second-order valence-corrected chi connectivity index (χ2v) is 7.91. The highest BCUT2D eigenvalue weighted by molar-refractivity contribution is 8.00. The molecular weight excluding hydrogens is 508 g/mol. The smallest absolute Gasteiger partial charge is 0.472 e. The Balaban J connectivity index is -0.00000201. The predicted molar refractivity (Wildman–Crippen MR) is 128 cm³/mol. The molecule has 2 unspecified atom stereocenters. The van der Waals surface area contributed by atoms with Crippen molar-refractivity contribution in [1.82, 2.24) is 16.0 Å². The van der Waals surface area contributed by atoms with Gasteiger partial charge >= 0.3 is 11.6 Å². The highest BCUT2D eigenvalue weighted by atomic mass is 32.2. The van der Waals surface area contributed by atoms with Crippen molar-refractivity contribution in [1.29, 1.82) is 0 Å². The van der Waals surface area contributed by atoms with Crippen molar-refractivity contribution >= 4 is 41.9 Å². The summed E-state index contributed by atoms with van der Waals surface area (Å²) in [6, 6.07) is -1.40. The van der Waals surface area contributed by atoms with E-state index in [1.165, 1.54) is 0 Å². The van der Waals surface area contributed by atoms with Crippen molar-refractivity contribution in [2.24, 2.45) is 5.73 Å². The SMILES string of the molecule is CC.CC(N)CCC(=O)NC(CSCC(=O)NCC(C)([N+](=O)[O-])[N+](=O)[O-])C(=O)NCC(=O)O.O=CO. The second kappa shape index (κ2) is 20.8. The van der Waals surface area contributed by atoms with Gasteiger partial charge < -0.3 is 31.9 Å². The first kappa shape index (κ1) is 37.0. The molecule has 7 N–H and O–H groups in total. The van der Waals surface area contributed by atoms with Crippen LogP contribution in [0.15, 0.2) is 0 Å². The Labute approximate surface area is 211 Å². The van der Waals surface area contributed by atoms with E-state index < -0.39 is 58.3 Å². The van der Waals surface area contributed by atoms with Gasteiger partial charge in [0.15, 0.2) is 6.54 Å². The minimum atomic E-state index is -2.59. The number of nitrogens with two attached hydrogens (primary N) is 1. The van der Waals surface area contributed by atoms with Gasteiger partial charge in [0.25, 0.3) is 6.47 Å². The second-order valence-electron chi connectivity index (χ2n) is 6.88. The molecule has 0 aliphatic carbocycles. The molecule has 0 saturated heterocycles. The number of carbonyl (C=O) groups is 5. The molecule has 36 heavy (non-hydrogen) atoms. The molecule has 17 nitrogen and oxygen atoms in total. The van der Waals surface area contributed by atoms with Crippen LogP contribution in [0.25, 0.3) is 0 Å². The zero-order chi connectivity index (χ0) is 28.9. The summed E-state index contributed by atoms with van der Waals surface area (Å²) in [6.45, 7) is 4.68. The molecule has 0 fully saturated rings. The number of nitrogens with one attached hydrogen (secondary N) is 3.